The molecule has 298 valence electrons. The molecule has 2 aliphatic heterocycles. The summed E-state index contributed by atoms with van der Waals surface area (Å²) < 4.78 is 24.0. The maximum Gasteiger partial charge on any atom is 0.320 e. The van der Waals surface area contributed by atoms with Gasteiger partial charge in [0.25, 0.3) is 0 Å². The minimum absolute atomic E-state index is 0.280. The van der Waals surface area contributed by atoms with Crippen LogP contribution in [0, 0.1) is 13.8 Å². The van der Waals surface area contributed by atoms with Gasteiger partial charge in [0.05, 0.1) is 24.3 Å². The van der Waals surface area contributed by atoms with Gasteiger partial charge >= 0.3 is 11.9 Å². The first-order valence-electron chi connectivity index (χ1n) is 19.1. The first-order chi connectivity index (χ1) is 27.0. The third-order valence-electron chi connectivity index (χ3n) is 11.2. The van der Waals surface area contributed by atoms with Crippen molar-refractivity contribution >= 4 is 35.1 Å². The molecule has 4 aromatic rings. The van der Waals surface area contributed by atoms with Crippen molar-refractivity contribution in [2.45, 2.75) is 90.8 Å². The van der Waals surface area contributed by atoms with Crippen LogP contribution in [-0.2, 0) is 35.9 Å². The summed E-state index contributed by atoms with van der Waals surface area (Å²) in [7, 11) is 3.18. The lowest BCUT2D eigenvalue weighted by Gasteiger charge is -2.33. The maximum atomic E-state index is 11.9. The van der Waals surface area contributed by atoms with E-state index in [1.807, 2.05) is 46.2 Å². The average Bonchev–Trinajstić information content (AvgIpc) is 3.18. The maximum absolute atomic E-state index is 11.9. The minimum atomic E-state index is -0.807. The fourth-order valence-corrected chi connectivity index (χ4v) is 8.41. The van der Waals surface area contributed by atoms with Gasteiger partial charge in [-0.25, -0.2) is 0 Å². The monoisotopic (exact) mass is 804 g/mol. The molecule has 10 nitrogen and oxygen atoms in total. The average molecular weight is 806 g/mol. The van der Waals surface area contributed by atoms with Crippen LogP contribution in [0.15, 0.2) is 60.7 Å². The van der Waals surface area contributed by atoms with Crippen molar-refractivity contribution in [3.8, 4) is 34.1 Å². The molecule has 0 spiro atoms. The highest BCUT2D eigenvalue weighted by atomic mass is 35.5. The van der Waals surface area contributed by atoms with Gasteiger partial charge in [-0.1, -0.05) is 72.4 Å². The number of ether oxygens (including phenoxy) is 4. The molecule has 2 heterocycles. The molecule has 2 N–H and O–H groups in total. The number of likely N-dealkylation sites (tertiary alicyclic amines) is 2. The Morgan fingerprint density at radius 3 is 1.41 bits per heavy atom. The second kappa shape index (κ2) is 18.6. The number of halogens is 2. The highest BCUT2D eigenvalue weighted by Gasteiger charge is 2.30. The quantitative estimate of drug-likeness (QED) is 0.120. The number of benzene rings is 4. The number of piperidine rings is 2. The van der Waals surface area contributed by atoms with E-state index in [0.717, 1.165) is 70.2 Å². The Morgan fingerprint density at radius 1 is 0.625 bits per heavy atom. The number of hydrogen-bond acceptors (Lipinski definition) is 8. The van der Waals surface area contributed by atoms with Crippen molar-refractivity contribution in [1.29, 1.82) is 0 Å². The van der Waals surface area contributed by atoms with Crippen LogP contribution < -0.4 is 18.9 Å². The van der Waals surface area contributed by atoms with Gasteiger partial charge in [0.1, 0.15) is 48.3 Å². The van der Waals surface area contributed by atoms with E-state index in [1.54, 1.807) is 26.4 Å². The fraction of sp³-hybridized carbons (Fsp3) is 0.409. The molecule has 0 aliphatic carbocycles. The van der Waals surface area contributed by atoms with Crippen LogP contribution in [0.4, 0.5) is 0 Å². The summed E-state index contributed by atoms with van der Waals surface area (Å²) in [4.78, 5) is 27.7. The van der Waals surface area contributed by atoms with Gasteiger partial charge in [-0.05, 0) is 98.1 Å². The van der Waals surface area contributed by atoms with Crippen LogP contribution in [0.5, 0.6) is 23.0 Å². The van der Waals surface area contributed by atoms with Crippen molar-refractivity contribution in [3.63, 3.8) is 0 Å². The molecular weight excluding hydrogens is 755 g/mol. The molecule has 0 radical (unpaired) electrons. The molecule has 56 heavy (non-hydrogen) atoms. The second-order valence-corrected chi connectivity index (χ2v) is 15.4. The lowest BCUT2D eigenvalue weighted by molar-refractivity contribution is -0.145. The van der Waals surface area contributed by atoms with Gasteiger partial charge < -0.3 is 29.2 Å². The van der Waals surface area contributed by atoms with Gasteiger partial charge in [0.2, 0.25) is 0 Å². The summed E-state index contributed by atoms with van der Waals surface area (Å²) >= 11 is 13.5. The number of methoxy groups -OCH3 is 2. The highest BCUT2D eigenvalue weighted by molar-refractivity contribution is 6.32. The van der Waals surface area contributed by atoms with E-state index in [9.17, 15) is 19.8 Å². The van der Waals surface area contributed by atoms with Crippen LogP contribution in [0.3, 0.4) is 0 Å². The normalized spacial score (nSPS) is 17.7. The van der Waals surface area contributed by atoms with E-state index in [1.165, 1.54) is 0 Å². The van der Waals surface area contributed by atoms with E-state index in [0.29, 0.717) is 72.1 Å². The second-order valence-electron chi connectivity index (χ2n) is 14.6. The molecule has 2 saturated heterocycles. The van der Waals surface area contributed by atoms with E-state index < -0.39 is 24.0 Å². The molecule has 0 bridgehead atoms. The van der Waals surface area contributed by atoms with Crippen molar-refractivity contribution in [2.24, 2.45) is 0 Å². The van der Waals surface area contributed by atoms with Crippen LogP contribution in [0.1, 0.15) is 71.9 Å². The largest absolute Gasteiger partial charge is 0.496 e. The predicted molar refractivity (Wildman–Crippen MR) is 217 cm³/mol. The zero-order chi connectivity index (χ0) is 39.9. The first kappa shape index (κ1) is 41.2. The van der Waals surface area contributed by atoms with Gasteiger partial charge in [0.15, 0.2) is 0 Å². The minimum Gasteiger partial charge on any atom is -0.496 e. The summed E-state index contributed by atoms with van der Waals surface area (Å²) in [5, 5.41) is 20.4. The molecule has 12 heteroatoms. The van der Waals surface area contributed by atoms with Crippen molar-refractivity contribution in [1.82, 2.24) is 9.80 Å². The standard InChI is InChI=1S/C44H50Cl2N2O8/c1-27-29(25-55-41-21-39(53-3)31(19-35(41)45)23-47-17-7-5-15-37(47)43(49)50)11-9-13-33(27)34-14-10-12-30(28(34)2)26-56-42-22-40(54-4)32(20-36(42)46)24-48-18-8-6-16-38(48)44(51)52/h9-14,19-22,37-38H,5-8,15-18,23-26H2,1-4H3,(H,49,50)(H,51,52)/t37-,38?/m0/s1. The number of carbonyl (C=O) groups is 2. The molecule has 0 amide bonds. The third-order valence-corrected chi connectivity index (χ3v) is 11.8. The summed E-state index contributed by atoms with van der Waals surface area (Å²) in [6.45, 7) is 6.98. The molecule has 0 saturated carbocycles. The van der Waals surface area contributed by atoms with Crippen LogP contribution in [0.25, 0.3) is 11.1 Å². The van der Waals surface area contributed by atoms with Gasteiger partial charge in [-0.3, -0.25) is 19.4 Å². The number of nitrogens with zero attached hydrogens (tertiary/aromatic N) is 2. The molecule has 2 aliphatic rings. The Bertz CT molecular complexity index is 1910. The summed E-state index contributed by atoms with van der Waals surface area (Å²) in [5.74, 6) is 0.555. The Kier molecular flexibility index (Phi) is 13.7. The van der Waals surface area contributed by atoms with Crippen molar-refractivity contribution < 1.29 is 38.7 Å². The molecule has 1 unspecified atom stereocenters. The smallest absolute Gasteiger partial charge is 0.320 e. The fourth-order valence-electron chi connectivity index (χ4n) is 7.93. The van der Waals surface area contributed by atoms with Gasteiger partial charge in [-0.2, -0.15) is 0 Å². The van der Waals surface area contributed by atoms with E-state index >= 15 is 0 Å². The highest BCUT2D eigenvalue weighted by Crippen LogP contribution is 2.38. The van der Waals surface area contributed by atoms with E-state index in [4.69, 9.17) is 42.1 Å². The van der Waals surface area contributed by atoms with Crippen molar-refractivity contribution in [2.75, 3.05) is 27.3 Å². The van der Waals surface area contributed by atoms with Gasteiger partial charge in [-0.15, -0.1) is 0 Å². The number of aliphatic carboxylic acids is 2. The molecule has 6 rings (SSSR count). The zero-order valence-corrected chi connectivity index (χ0v) is 33.9. The summed E-state index contributed by atoms with van der Waals surface area (Å²) in [5.41, 5.74) is 7.91. The first-order valence-corrected chi connectivity index (χ1v) is 19.8. The molecule has 0 aromatic heterocycles. The molecule has 2 fully saturated rings. The molecule has 4 aromatic carbocycles. The predicted octanol–water partition coefficient (Wildman–Crippen LogP) is 9.33. The van der Waals surface area contributed by atoms with E-state index in [2.05, 4.69) is 26.0 Å². The number of carboxylic acids is 2. The number of rotatable bonds is 15. The van der Waals surface area contributed by atoms with Crippen LogP contribution >= 0.6 is 23.2 Å². The Hall–Kier alpha value is -4.48. The van der Waals surface area contributed by atoms with Crippen LogP contribution in [0.2, 0.25) is 10.0 Å². The number of carboxylic acid groups (broad SMARTS) is 2. The van der Waals surface area contributed by atoms with Crippen LogP contribution in [-0.4, -0.2) is 71.3 Å². The summed E-state index contributed by atoms with van der Waals surface area (Å²) in [6.07, 6.45) is 4.96. The zero-order valence-electron chi connectivity index (χ0n) is 32.4. The molecular formula is C44H50Cl2N2O8. The lowest BCUT2D eigenvalue weighted by atomic mass is 9.92. The van der Waals surface area contributed by atoms with Crippen molar-refractivity contribution in [3.05, 3.63) is 104 Å². The Labute approximate surface area is 338 Å². The topological polar surface area (TPSA) is 118 Å². The Balaban J connectivity index is 1.15. The number of hydrogen-bond donors (Lipinski definition) is 2. The molecule has 2 atom stereocenters. The third kappa shape index (κ3) is 9.37. The van der Waals surface area contributed by atoms with Gasteiger partial charge in [0, 0.05) is 36.3 Å². The van der Waals surface area contributed by atoms with E-state index in [-0.39, 0.29) is 13.2 Å². The summed E-state index contributed by atoms with van der Waals surface area (Å²) in [6, 6.07) is 18.4. The lowest BCUT2D eigenvalue weighted by Crippen LogP contribution is -2.44. The SMILES string of the molecule is COc1cc(OCc2cccc(-c3cccc(COc4cc(OC)c(CN5CCCC[C@H]5C(=O)O)cc4Cl)c3C)c2C)c(Cl)cc1CN1CCCCC1C(=O)O. The Morgan fingerprint density at radius 2 is 1.04 bits per heavy atom.